The zero-order valence-corrected chi connectivity index (χ0v) is 18.8. The third-order valence-electron chi connectivity index (χ3n) is 6.78. The summed E-state index contributed by atoms with van der Waals surface area (Å²) in [5.74, 6) is 1.08. The van der Waals surface area contributed by atoms with Crippen LogP contribution in [0.2, 0.25) is 0 Å². The van der Waals surface area contributed by atoms with E-state index in [1.807, 2.05) is 69.3 Å². The lowest BCUT2D eigenvalue weighted by Crippen LogP contribution is -2.60. The number of thioether (sulfide) groups is 1. The van der Waals surface area contributed by atoms with Gasteiger partial charge >= 0.3 is 0 Å². The Morgan fingerprint density at radius 1 is 1.10 bits per heavy atom. The van der Waals surface area contributed by atoms with E-state index in [9.17, 15) is 4.79 Å². The predicted molar refractivity (Wildman–Crippen MR) is 121 cm³/mol. The van der Waals surface area contributed by atoms with Crippen molar-refractivity contribution in [1.82, 2.24) is 0 Å². The van der Waals surface area contributed by atoms with E-state index in [0.717, 1.165) is 23.3 Å². The molecule has 0 radical (unpaired) electrons. The minimum Gasteiger partial charge on any atom is -0.341 e. The average Bonchev–Trinajstić information content (AvgIpc) is 3.12. The van der Waals surface area contributed by atoms with Crippen LogP contribution in [0.25, 0.3) is 0 Å². The summed E-state index contributed by atoms with van der Waals surface area (Å²) in [6.07, 6.45) is 0.615. The molecule has 0 bridgehead atoms. The Balaban J connectivity index is 1.70. The third-order valence-corrected chi connectivity index (χ3v) is 7.85. The van der Waals surface area contributed by atoms with Crippen LogP contribution < -0.4 is 0 Å². The zero-order valence-electron chi connectivity index (χ0n) is 18.0. The van der Waals surface area contributed by atoms with Crippen molar-refractivity contribution < 1.29 is 14.3 Å². The highest BCUT2D eigenvalue weighted by Gasteiger charge is 2.64. The van der Waals surface area contributed by atoms with Gasteiger partial charge in [-0.15, -0.1) is 11.8 Å². The van der Waals surface area contributed by atoms with Crippen molar-refractivity contribution in [2.45, 2.75) is 56.5 Å². The van der Waals surface area contributed by atoms with Gasteiger partial charge in [-0.05, 0) is 31.4 Å². The number of carbonyl (C=O) groups is 1. The van der Waals surface area contributed by atoms with Gasteiger partial charge in [0, 0.05) is 22.6 Å². The molecule has 0 N–H and O–H groups in total. The van der Waals surface area contributed by atoms with Crippen molar-refractivity contribution in [2.24, 2.45) is 11.3 Å². The Morgan fingerprint density at radius 3 is 2.37 bits per heavy atom. The molecule has 4 rings (SSSR count). The van der Waals surface area contributed by atoms with E-state index in [0.29, 0.717) is 6.42 Å². The molecule has 2 aromatic carbocycles. The molecule has 1 saturated carbocycles. The summed E-state index contributed by atoms with van der Waals surface area (Å²) in [7, 11) is 0. The highest BCUT2D eigenvalue weighted by Crippen LogP contribution is 2.56. The van der Waals surface area contributed by atoms with Crippen LogP contribution in [0.5, 0.6) is 0 Å². The molecular formula is C26H30O3S. The van der Waals surface area contributed by atoms with E-state index in [1.165, 1.54) is 4.90 Å². The van der Waals surface area contributed by atoms with Crippen molar-refractivity contribution in [3.05, 3.63) is 78.4 Å². The number of carbonyl (C=O) groups excluding carboxylic acids is 1. The van der Waals surface area contributed by atoms with Crippen LogP contribution in [0, 0.1) is 11.3 Å². The maximum absolute atomic E-state index is 13.3. The highest BCUT2D eigenvalue weighted by molar-refractivity contribution is 7.99. The second kappa shape index (κ2) is 8.33. The number of hydrogen-bond acceptors (Lipinski definition) is 4. The minimum absolute atomic E-state index is 0.118. The summed E-state index contributed by atoms with van der Waals surface area (Å²) < 4.78 is 13.3. The zero-order chi connectivity index (χ0) is 21.4. The average molecular weight is 423 g/mol. The van der Waals surface area contributed by atoms with Crippen molar-refractivity contribution in [3.63, 3.8) is 0 Å². The topological polar surface area (TPSA) is 35.5 Å². The van der Waals surface area contributed by atoms with Crippen LogP contribution in [0.4, 0.5) is 0 Å². The number of benzene rings is 2. The molecular weight excluding hydrogens is 392 g/mol. The lowest BCUT2D eigenvalue weighted by atomic mass is 9.58. The molecule has 2 aromatic rings. The first-order valence-electron chi connectivity index (χ1n) is 10.6. The Labute approximate surface area is 183 Å². The third kappa shape index (κ3) is 3.77. The summed E-state index contributed by atoms with van der Waals surface area (Å²) in [5, 5.41) is 0. The fraction of sp³-hybridized carbons (Fsp3) is 0.423. The first-order valence-corrected chi connectivity index (χ1v) is 11.6. The number of hydrogen-bond donors (Lipinski definition) is 0. The maximum atomic E-state index is 13.3. The second-order valence-electron chi connectivity index (χ2n) is 9.00. The molecule has 30 heavy (non-hydrogen) atoms. The van der Waals surface area contributed by atoms with Crippen molar-refractivity contribution in [2.75, 3.05) is 5.75 Å². The van der Waals surface area contributed by atoms with E-state index in [1.54, 1.807) is 11.8 Å². The van der Waals surface area contributed by atoms with Gasteiger partial charge in [0.1, 0.15) is 17.5 Å². The van der Waals surface area contributed by atoms with Crippen LogP contribution in [0.15, 0.2) is 77.7 Å². The van der Waals surface area contributed by atoms with Gasteiger partial charge in [-0.1, -0.05) is 74.5 Å². The summed E-state index contributed by atoms with van der Waals surface area (Å²) in [6.45, 7) is 10.2. The van der Waals surface area contributed by atoms with Gasteiger partial charge < -0.3 is 9.47 Å². The second-order valence-corrected chi connectivity index (χ2v) is 10.1. The fourth-order valence-corrected chi connectivity index (χ4v) is 5.70. The summed E-state index contributed by atoms with van der Waals surface area (Å²) in [5.41, 5.74) is 0.711. The number of ether oxygens (including phenoxy) is 2. The number of allylic oxidation sites excluding steroid dienone is 1. The molecule has 4 heteroatoms. The smallest absolute Gasteiger partial charge is 0.185 e. The van der Waals surface area contributed by atoms with Crippen molar-refractivity contribution in [1.29, 1.82) is 0 Å². The lowest BCUT2D eigenvalue weighted by Gasteiger charge is -2.50. The normalized spacial score (nSPS) is 30.5. The van der Waals surface area contributed by atoms with Gasteiger partial charge in [0.2, 0.25) is 0 Å². The van der Waals surface area contributed by atoms with E-state index >= 15 is 0 Å². The molecule has 0 aromatic heterocycles. The monoisotopic (exact) mass is 422 g/mol. The fourth-order valence-electron chi connectivity index (χ4n) is 4.66. The van der Waals surface area contributed by atoms with Gasteiger partial charge in [-0.25, -0.2) is 0 Å². The van der Waals surface area contributed by atoms with Gasteiger partial charge in [0.25, 0.3) is 0 Å². The molecule has 4 atom stereocenters. The molecule has 1 heterocycles. The van der Waals surface area contributed by atoms with E-state index in [4.69, 9.17) is 9.47 Å². The summed E-state index contributed by atoms with van der Waals surface area (Å²) >= 11 is 1.76. The Kier molecular flexibility index (Phi) is 5.93. The highest BCUT2D eigenvalue weighted by atomic mass is 32.2. The Hall–Kier alpha value is -1.88. The van der Waals surface area contributed by atoms with Crippen LogP contribution in [0.1, 0.15) is 45.5 Å². The Morgan fingerprint density at radius 2 is 1.73 bits per heavy atom. The van der Waals surface area contributed by atoms with Crippen LogP contribution in [-0.2, 0) is 14.3 Å². The van der Waals surface area contributed by atoms with E-state index < -0.39 is 17.3 Å². The van der Waals surface area contributed by atoms with Crippen LogP contribution in [0.3, 0.4) is 0 Å². The first kappa shape index (κ1) is 21.4. The molecule has 1 spiro atoms. The number of ketones is 1. The van der Waals surface area contributed by atoms with Crippen molar-refractivity contribution in [3.8, 4) is 0 Å². The lowest BCUT2D eigenvalue weighted by molar-refractivity contribution is -0.172. The minimum atomic E-state index is -0.686. The molecule has 158 valence electrons. The quantitative estimate of drug-likeness (QED) is 0.424. The molecule has 2 aliphatic rings. The van der Waals surface area contributed by atoms with Crippen molar-refractivity contribution >= 4 is 17.5 Å². The van der Waals surface area contributed by atoms with Crippen LogP contribution in [-0.4, -0.2) is 23.2 Å². The molecule has 1 aliphatic heterocycles. The molecule has 1 saturated heterocycles. The SMILES string of the molecule is C=C(C)[C@@H]1CC(=O)C(C)(C)[C@]2(C1)O[C@@H](c1ccccc1)O[C@@H]2CSc1ccccc1. The Bertz CT molecular complexity index is 908. The maximum Gasteiger partial charge on any atom is 0.185 e. The standard InChI is InChI=1S/C26H30O3S/c1-18(2)20-15-22(27)25(3,4)26(16-20)23(17-30-21-13-9-6-10-14-21)28-24(29-26)19-11-7-5-8-12-19/h5-14,20,23-24H,1,15-17H2,2-4H3/t20-,23-,24+,26-/m1/s1. The van der Waals surface area contributed by atoms with Crippen LogP contribution >= 0.6 is 11.8 Å². The number of rotatable bonds is 5. The van der Waals surface area contributed by atoms with E-state index in [2.05, 4.69) is 18.7 Å². The summed E-state index contributed by atoms with van der Waals surface area (Å²) in [6, 6.07) is 20.4. The van der Waals surface area contributed by atoms with Gasteiger partial charge in [-0.2, -0.15) is 0 Å². The van der Waals surface area contributed by atoms with Gasteiger partial charge in [0.15, 0.2) is 6.29 Å². The molecule has 0 amide bonds. The first-order chi connectivity index (χ1) is 14.3. The molecule has 2 fully saturated rings. The molecule has 3 nitrogen and oxygen atoms in total. The molecule has 0 unspecified atom stereocenters. The van der Waals surface area contributed by atoms with Gasteiger partial charge in [0.05, 0.1) is 5.41 Å². The number of Topliss-reactive ketones (excluding diaryl/α,β-unsaturated/α-hetero) is 1. The predicted octanol–water partition coefficient (Wildman–Crippen LogP) is 6.21. The largest absolute Gasteiger partial charge is 0.341 e. The molecule has 1 aliphatic carbocycles. The summed E-state index contributed by atoms with van der Waals surface area (Å²) in [4.78, 5) is 14.5. The van der Waals surface area contributed by atoms with Gasteiger partial charge in [-0.3, -0.25) is 4.79 Å². The van der Waals surface area contributed by atoms with E-state index in [-0.39, 0.29) is 17.8 Å².